The molecule has 10 heteroatoms. The molecule has 0 amide bonds. The molecule has 2 saturated heterocycles. The molecule has 41 heavy (non-hydrogen) atoms. The summed E-state index contributed by atoms with van der Waals surface area (Å²) in [6.07, 6.45) is 6.78. The summed E-state index contributed by atoms with van der Waals surface area (Å²) in [6.45, 7) is 7.62. The second kappa shape index (κ2) is 12.1. The van der Waals surface area contributed by atoms with Crippen LogP contribution >= 0.6 is 11.3 Å². The Morgan fingerprint density at radius 1 is 1.07 bits per heavy atom. The zero-order valence-corrected chi connectivity index (χ0v) is 23.8. The fourth-order valence-electron chi connectivity index (χ4n) is 6.16. The highest BCUT2D eigenvalue weighted by atomic mass is 32.1. The maximum absolute atomic E-state index is 13.2. The Balaban J connectivity index is 1.18. The van der Waals surface area contributed by atoms with Crippen molar-refractivity contribution in [3.05, 3.63) is 57.7 Å². The van der Waals surface area contributed by atoms with Crippen LogP contribution < -0.4 is 4.90 Å². The largest absolute Gasteiger partial charge is 0.393 e. The highest BCUT2D eigenvalue weighted by molar-refractivity contribution is 7.18. The number of ether oxygens (including phenoxy) is 1. The molecule has 0 N–H and O–H groups in total. The van der Waals surface area contributed by atoms with E-state index in [1.807, 2.05) is 0 Å². The van der Waals surface area contributed by atoms with Crippen LogP contribution in [0.5, 0.6) is 0 Å². The number of nitrogens with zero attached hydrogens (tertiary/aromatic N) is 5. The molecule has 4 heterocycles. The first kappa shape index (κ1) is 28.2. The Morgan fingerprint density at radius 3 is 2.63 bits per heavy atom. The van der Waals surface area contributed by atoms with Gasteiger partial charge in [-0.1, -0.05) is 24.1 Å². The third kappa shape index (κ3) is 6.75. The number of allylic oxidation sites excluding steroid dienone is 1. The number of rotatable bonds is 8. The Bertz CT molecular complexity index is 1450. The van der Waals surface area contributed by atoms with Crippen LogP contribution in [0, 0.1) is 12.3 Å². The van der Waals surface area contributed by atoms with Gasteiger partial charge in [0, 0.05) is 68.7 Å². The van der Waals surface area contributed by atoms with Gasteiger partial charge in [-0.3, -0.25) is 9.80 Å². The zero-order valence-electron chi connectivity index (χ0n) is 23.0. The molecule has 6 rings (SSSR count). The Hall–Kier alpha value is -2.97. The van der Waals surface area contributed by atoms with Crippen LogP contribution in [-0.2, 0) is 24.1 Å². The van der Waals surface area contributed by atoms with E-state index in [0.29, 0.717) is 4.83 Å². The van der Waals surface area contributed by atoms with E-state index < -0.39 is 12.6 Å². The molecule has 0 bridgehead atoms. The molecule has 3 aromatic rings. The number of halogens is 3. The summed E-state index contributed by atoms with van der Waals surface area (Å²) < 4.78 is 45.0. The predicted molar refractivity (Wildman–Crippen MR) is 157 cm³/mol. The lowest BCUT2D eigenvalue weighted by Gasteiger charge is -2.40. The minimum atomic E-state index is -4.25. The second-order valence-electron chi connectivity index (χ2n) is 11.1. The van der Waals surface area contributed by atoms with E-state index in [2.05, 4.69) is 54.9 Å². The summed E-state index contributed by atoms with van der Waals surface area (Å²) in [4.78, 5) is 17.1. The number of aromatic nitrogens is 2. The number of piperidine rings is 1. The third-order valence-electron chi connectivity index (χ3n) is 8.28. The summed E-state index contributed by atoms with van der Waals surface area (Å²) >= 11 is 1.11. The molecule has 1 aromatic carbocycles. The first-order chi connectivity index (χ1) is 19.8. The fraction of sp³-hybridized carbons (Fsp3) is 0.484. The second-order valence-corrected chi connectivity index (χ2v) is 12.2. The van der Waals surface area contributed by atoms with Gasteiger partial charge in [-0.05, 0) is 41.7 Å². The zero-order chi connectivity index (χ0) is 28.4. The number of thiophene rings is 1. The molecule has 0 radical (unpaired) electrons. The fourth-order valence-corrected chi connectivity index (χ4v) is 7.18. The Morgan fingerprint density at radius 2 is 1.88 bits per heavy atom. The third-order valence-corrected chi connectivity index (χ3v) is 9.32. The van der Waals surface area contributed by atoms with Gasteiger partial charge in [-0.2, -0.15) is 13.2 Å². The van der Waals surface area contributed by atoms with E-state index in [1.54, 1.807) is 6.07 Å². The van der Waals surface area contributed by atoms with Gasteiger partial charge in [-0.15, -0.1) is 17.8 Å². The molecule has 0 atom stereocenters. The van der Waals surface area contributed by atoms with E-state index >= 15 is 0 Å². The van der Waals surface area contributed by atoms with Crippen molar-refractivity contribution >= 4 is 33.4 Å². The number of anilines is 1. The number of terminal acetylenes is 1. The summed E-state index contributed by atoms with van der Waals surface area (Å²) in [6, 6.07) is 8.55. The van der Waals surface area contributed by atoms with Crippen molar-refractivity contribution < 1.29 is 17.9 Å². The van der Waals surface area contributed by atoms with Gasteiger partial charge < -0.3 is 9.64 Å². The SMILES string of the molecule is C#CC1=Cc2cc(CN3CCC(N(CCN4CCOCC4)c4ncnc5sc(CC(F)(F)F)cc45)CC3)ccc2C1. The van der Waals surface area contributed by atoms with Gasteiger partial charge in [0.1, 0.15) is 17.0 Å². The maximum Gasteiger partial charge on any atom is 0.393 e. The topological polar surface area (TPSA) is 44.7 Å². The molecule has 3 aliphatic rings. The molecule has 216 valence electrons. The summed E-state index contributed by atoms with van der Waals surface area (Å²) in [5.74, 6) is 3.52. The van der Waals surface area contributed by atoms with Crippen LogP contribution in [-0.4, -0.2) is 84.5 Å². The molecule has 1 aliphatic carbocycles. The van der Waals surface area contributed by atoms with Gasteiger partial charge in [0.05, 0.1) is 25.0 Å². The normalized spacial score (nSPS) is 18.8. The van der Waals surface area contributed by atoms with Crippen molar-refractivity contribution in [3.63, 3.8) is 0 Å². The molecule has 2 aliphatic heterocycles. The quantitative estimate of drug-likeness (QED) is 0.342. The molecule has 2 fully saturated rings. The number of hydrogen-bond donors (Lipinski definition) is 0. The van der Waals surface area contributed by atoms with Crippen molar-refractivity contribution in [2.45, 2.75) is 44.4 Å². The summed E-state index contributed by atoms with van der Waals surface area (Å²) in [5, 5.41) is 0.721. The number of hydrogen-bond acceptors (Lipinski definition) is 7. The maximum atomic E-state index is 13.2. The van der Waals surface area contributed by atoms with Crippen LogP contribution in [0.2, 0.25) is 0 Å². The van der Waals surface area contributed by atoms with Crippen molar-refractivity contribution in [2.24, 2.45) is 0 Å². The first-order valence-corrected chi connectivity index (χ1v) is 15.0. The number of benzene rings is 1. The van der Waals surface area contributed by atoms with Crippen LogP contribution in [0.3, 0.4) is 0 Å². The van der Waals surface area contributed by atoms with Crippen LogP contribution in [0.15, 0.2) is 36.2 Å². The number of likely N-dealkylation sites (tertiary alicyclic amines) is 1. The van der Waals surface area contributed by atoms with E-state index in [9.17, 15) is 13.2 Å². The number of fused-ring (bicyclic) bond motifs is 2. The first-order valence-electron chi connectivity index (χ1n) is 14.2. The lowest BCUT2D eigenvalue weighted by Crippen LogP contribution is -2.48. The van der Waals surface area contributed by atoms with E-state index in [-0.39, 0.29) is 10.9 Å². The molecule has 2 aromatic heterocycles. The Kier molecular flexibility index (Phi) is 8.31. The molecule has 0 spiro atoms. The lowest BCUT2D eigenvalue weighted by molar-refractivity contribution is -0.126. The monoisotopic (exact) mass is 581 g/mol. The van der Waals surface area contributed by atoms with Crippen molar-refractivity contribution in [2.75, 3.05) is 57.4 Å². The smallest absolute Gasteiger partial charge is 0.379 e. The van der Waals surface area contributed by atoms with Gasteiger partial charge in [0.2, 0.25) is 0 Å². The molecule has 6 nitrogen and oxygen atoms in total. The highest BCUT2D eigenvalue weighted by Crippen LogP contribution is 2.35. The average Bonchev–Trinajstić information content (AvgIpc) is 3.57. The molecular weight excluding hydrogens is 547 g/mol. The van der Waals surface area contributed by atoms with Crippen molar-refractivity contribution in [1.82, 2.24) is 19.8 Å². The molecule has 0 unspecified atom stereocenters. The summed E-state index contributed by atoms with van der Waals surface area (Å²) in [7, 11) is 0. The van der Waals surface area contributed by atoms with Gasteiger partial charge >= 0.3 is 6.18 Å². The van der Waals surface area contributed by atoms with E-state index in [1.165, 1.54) is 23.0 Å². The van der Waals surface area contributed by atoms with E-state index in [4.69, 9.17) is 11.2 Å². The van der Waals surface area contributed by atoms with Crippen molar-refractivity contribution in [1.29, 1.82) is 0 Å². The standard InChI is InChI=1S/C31H34F3N5OS/c1-2-22-15-24-4-3-23(17-25(24)16-22)20-38-7-5-26(6-8-38)39(10-9-37-11-13-40-14-12-37)29-28-18-27(19-31(32,33)34)41-30(28)36-21-35-29/h1,3-4,16-18,21,26H,5-15,19-20H2. The van der Waals surface area contributed by atoms with E-state index in [0.717, 1.165) is 106 Å². The predicted octanol–water partition coefficient (Wildman–Crippen LogP) is 5.17. The van der Waals surface area contributed by atoms with Crippen LogP contribution in [0.1, 0.15) is 34.4 Å². The van der Waals surface area contributed by atoms with Crippen LogP contribution in [0.4, 0.5) is 19.0 Å². The lowest BCUT2D eigenvalue weighted by atomic mass is 10.0. The van der Waals surface area contributed by atoms with Crippen molar-refractivity contribution in [3.8, 4) is 12.3 Å². The van der Waals surface area contributed by atoms with Gasteiger partial charge in [0.15, 0.2) is 0 Å². The average molecular weight is 582 g/mol. The number of alkyl halides is 3. The van der Waals surface area contributed by atoms with Gasteiger partial charge in [0.25, 0.3) is 0 Å². The highest BCUT2D eigenvalue weighted by Gasteiger charge is 2.31. The Labute approximate surface area is 242 Å². The minimum absolute atomic E-state index is 0.248. The summed E-state index contributed by atoms with van der Waals surface area (Å²) in [5.41, 5.74) is 4.84. The number of morpholine rings is 1. The molecule has 0 saturated carbocycles. The minimum Gasteiger partial charge on any atom is -0.379 e. The van der Waals surface area contributed by atoms with Gasteiger partial charge in [-0.25, -0.2) is 9.97 Å². The molecular formula is C31H34F3N5OS. The van der Waals surface area contributed by atoms with Crippen LogP contribution in [0.25, 0.3) is 16.3 Å².